The second-order valence-corrected chi connectivity index (χ2v) is 3.98. The maximum Gasteiger partial charge on any atom is 0.339 e. The van der Waals surface area contributed by atoms with Gasteiger partial charge in [-0.3, -0.25) is 0 Å². The molecule has 0 amide bonds. The van der Waals surface area contributed by atoms with Gasteiger partial charge in [0.1, 0.15) is 22.9 Å². The predicted octanol–water partition coefficient (Wildman–Crippen LogP) is 2.71. The van der Waals surface area contributed by atoms with Crippen LogP contribution in [0.15, 0.2) is 22.6 Å². The molecule has 19 heavy (non-hydrogen) atoms. The molecule has 1 N–H and O–H groups in total. The van der Waals surface area contributed by atoms with Crippen LogP contribution in [-0.2, 0) is 6.61 Å². The van der Waals surface area contributed by atoms with Gasteiger partial charge in [0.15, 0.2) is 6.61 Å². The summed E-state index contributed by atoms with van der Waals surface area (Å²) in [7, 11) is 0. The van der Waals surface area contributed by atoms with Crippen LogP contribution in [0.2, 0.25) is 0 Å². The lowest BCUT2D eigenvalue weighted by atomic mass is 10.2. The van der Waals surface area contributed by atoms with Crippen LogP contribution in [0.3, 0.4) is 0 Å². The molecule has 5 nitrogen and oxygen atoms in total. The van der Waals surface area contributed by atoms with Crippen molar-refractivity contribution in [1.82, 2.24) is 4.98 Å². The van der Waals surface area contributed by atoms with Gasteiger partial charge >= 0.3 is 5.97 Å². The van der Waals surface area contributed by atoms with Gasteiger partial charge in [0.05, 0.1) is 5.69 Å². The molecule has 0 saturated heterocycles. The van der Waals surface area contributed by atoms with Gasteiger partial charge in [-0.25, -0.2) is 14.2 Å². The second-order valence-electron chi connectivity index (χ2n) is 3.98. The first-order chi connectivity index (χ1) is 8.97. The van der Waals surface area contributed by atoms with E-state index in [0.29, 0.717) is 11.7 Å². The number of ether oxygens (including phenoxy) is 1. The number of aromatic nitrogens is 1. The minimum Gasteiger partial charge on any atom is -0.483 e. The number of aryl methyl sites for hydroxylation is 2. The van der Waals surface area contributed by atoms with Crippen molar-refractivity contribution in [3.63, 3.8) is 0 Å². The minimum absolute atomic E-state index is 0.0546. The van der Waals surface area contributed by atoms with Gasteiger partial charge in [-0.1, -0.05) is 0 Å². The Morgan fingerprint density at radius 1 is 1.47 bits per heavy atom. The largest absolute Gasteiger partial charge is 0.483 e. The van der Waals surface area contributed by atoms with Gasteiger partial charge in [-0.05, 0) is 26.0 Å². The third-order valence-electron chi connectivity index (χ3n) is 2.60. The first kappa shape index (κ1) is 13.1. The number of nitrogens with zero attached hydrogens (tertiary/aromatic N) is 1. The highest BCUT2D eigenvalue weighted by atomic mass is 19.1. The van der Waals surface area contributed by atoms with E-state index in [1.54, 1.807) is 13.8 Å². The number of carboxylic acids is 1. The Kier molecular flexibility index (Phi) is 3.50. The molecule has 0 aliphatic heterocycles. The molecule has 0 aliphatic carbocycles. The average molecular weight is 265 g/mol. The van der Waals surface area contributed by atoms with E-state index in [-0.39, 0.29) is 17.9 Å². The molecule has 1 heterocycles. The summed E-state index contributed by atoms with van der Waals surface area (Å²) in [6, 6.07) is 3.24. The molecule has 0 bridgehead atoms. The van der Waals surface area contributed by atoms with Gasteiger partial charge in [0, 0.05) is 6.07 Å². The van der Waals surface area contributed by atoms with Gasteiger partial charge in [-0.15, -0.1) is 0 Å². The van der Waals surface area contributed by atoms with E-state index in [0.717, 1.165) is 23.9 Å². The van der Waals surface area contributed by atoms with E-state index < -0.39 is 11.8 Å². The molecule has 1 aromatic carbocycles. The standard InChI is InChI=1S/C13H12FNO4/c1-7-8(2)19-12(15-7)6-18-11-5-9(14)3-4-10(11)13(16)17/h3-5H,6H2,1-2H3,(H,16,17). The normalized spacial score (nSPS) is 10.5. The molecule has 0 atom stereocenters. The highest BCUT2D eigenvalue weighted by Crippen LogP contribution is 2.21. The van der Waals surface area contributed by atoms with Crippen LogP contribution in [0.5, 0.6) is 5.75 Å². The lowest BCUT2D eigenvalue weighted by Gasteiger charge is -2.07. The van der Waals surface area contributed by atoms with Crippen molar-refractivity contribution in [1.29, 1.82) is 0 Å². The number of carboxylic acid groups (broad SMARTS) is 1. The quantitative estimate of drug-likeness (QED) is 0.920. The molecule has 100 valence electrons. The highest BCUT2D eigenvalue weighted by Gasteiger charge is 2.14. The van der Waals surface area contributed by atoms with Gasteiger partial charge in [0.25, 0.3) is 0 Å². The van der Waals surface area contributed by atoms with Gasteiger partial charge < -0.3 is 14.3 Å². The van der Waals surface area contributed by atoms with Crippen LogP contribution < -0.4 is 4.74 Å². The summed E-state index contributed by atoms with van der Waals surface area (Å²) >= 11 is 0. The van der Waals surface area contributed by atoms with E-state index in [4.69, 9.17) is 14.3 Å². The number of carbonyl (C=O) groups is 1. The lowest BCUT2D eigenvalue weighted by Crippen LogP contribution is -2.04. The third kappa shape index (κ3) is 2.90. The van der Waals surface area contributed by atoms with Crippen LogP contribution in [-0.4, -0.2) is 16.1 Å². The fraction of sp³-hybridized carbons (Fsp3) is 0.231. The fourth-order valence-electron chi connectivity index (χ4n) is 1.53. The molecule has 0 fully saturated rings. The summed E-state index contributed by atoms with van der Waals surface area (Å²) in [6.07, 6.45) is 0. The minimum atomic E-state index is -1.19. The summed E-state index contributed by atoms with van der Waals surface area (Å²) in [6.45, 7) is 3.49. The van der Waals surface area contributed by atoms with E-state index in [1.165, 1.54) is 0 Å². The molecule has 2 rings (SSSR count). The Hall–Kier alpha value is -2.37. The topological polar surface area (TPSA) is 72.6 Å². The van der Waals surface area contributed by atoms with Crippen LogP contribution in [0.4, 0.5) is 4.39 Å². The first-order valence-corrected chi connectivity index (χ1v) is 5.56. The Morgan fingerprint density at radius 3 is 2.79 bits per heavy atom. The number of benzene rings is 1. The molecule has 0 spiro atoms. The number of aromatic carboxylic acids is 1. The zero-order chi connectivity index (χ0) is 14.0. The summed E-state index contributed by atoms with van der Waals surface area (Å²) in [5, 5.41) is 8.96. The average Bonchev–Trinajstić information content (AvgIpc) is 2.66. The smallest absolute Gasteiger partial charge is 0.339 e. The summed E-state index contributed by atoms with van der Waals surface area (Å²) in [4.78, 5) is 15.1. The summed E-state index contributed by atoms with van der Waals surface area (Å²) < 4.78 is 23.6. The molecule has 0 unspecified atom stereocenters. The van der Waals surface area contributed by atoms with Crippen molar-refractivity contribution in [2.75, 3.05) is 0 Å². The fourth-order valence-corrected chi connectivity index (χ4v) is 1.53. The Bertz CT molecular complexity index is 602. The molecule has 1 aromatic heterocycles. The van der Waals surface area contributed by atoms with Gasteiger partial charge in [-0.2, -0.15) is 0 Å². The van der Waals surface area contributed by atoms with Crippen molar-refractivity contribution in [3.05, 3.63) is 46.9 Å². The summed E-state index contributed by atoms with van der Waals surface area (Å²) in [5.74, 6) is -0.831. The van der Waals surface area contributed by atoms with E-state index >= 15 is 0 Å². The molecule has 6 heteroatoms. The Morgan fingerprint density at radius 2 is 2.21 bits per heavy atom. The second kappa shape index (κ2) is 5.09. The van der Waals surface area contributed by atoms with Crippen molar-refractivity contribution in [2.24, 2.45) is 0 Å². The van der Waals surface area contributed by atoms with Crippen molar-refractivity contribution >= 4 is 5.97 Å². The van der Waals surface area contributed by atoms with E-state index in [2.05, 4.69) is 4.98 Å². The van der Waals surface area contributed by atoms with Crippen LogP contribution >= 0.6 is 0 Å². The first-order valence-electron chi connectivity index (χ1n) is 5.56. The van der Waals surface area contributed by atoms with Crippen molar-refractivity contribution in [3.8, 4) is 5.75 Å². The zero-order valence-electron chi connectivity index (χ0n) is 10.4. The highest BCUT2D eigenvalue weighted by molar-refractivity contribution is 5.90. The predicted molar refractivity (Wildman–Crippen MR) is 63.7 cm³/mol. The molecule has 0 aliphatic rings. The number of hydrogen-bond acceptors (Lipinski definition) is 4. The van der Waals surface area contributed by atoms with E-state index in [9.17, 15) is 9.18 Å². The Labute approximate surface area is 108 Å². The number of oxazole rings is 1. The maximum atomic E-state index is 13.1. The molecule has 0 radical (unpaired) electrons. The lowest BCUT2D eigenvalue weighted by molar-refractivity contribution is 0.0691. The Balaban J connectivity index is 2.19. The third-order valence-corrected chi connectivity index (χ3v) is 2.60. The number of hydrogen-bond donors (Lipinski definition) is 1. The molecular formula is C13H12FNO4. The number of rotatable bonds is 4. The molecular weight excluding hydrogens is 253 g/mol. The SMILES string of the molecule is Cc1nc(COc2cc(F)ccc2C(=O)O)oc1C. The molecule has 0 saturated carbocycles. The maximum absolute atomic E-state index is 13.1. The molecule has 2 aromatic rings. The van der Waals surface area contributed by atoms with Crippen molar-refractivity contribution < 1.29 is 23.4 Å². The number of halogens is 1. The van der Waals surface area contributed by atoms with Crippen LogP contribution in [0.1, 0.15) is 27.7 Å². The zero-order valence-corrected chi connectivity index (χ0v) is 10.4. The van der Waals surface area contributed by atoms with Crippen molar-refractivity contribution in [2.45, 2.75) is 20.5 Å². The van der Waals surface area contributed by atoms with Gasteiger partial charge in [0.2, 0.25) is 5.89 Å². The summed E-state index contributed by atoms with van der Waals surface area (Å²) in [5.41, 5.74) is 0.623. The van der Waals surface area contributed by atoms with E-state index in [1.807, 2.05) is 0 Å². The van der Waals surface area contributed by atoms with Crippen LogP contribution in [0, 0.1) is 19.7 Å². The van der Waals surface area contributed by atoms with Crippen LogP contribution in [0.25, 0.3) is 0 Å². The monoisotopic (exact) mass is 265 g/mol.